The van der Waals surface area contributed by atoms with Crippen LogP contribution in [-0.4, -0.2) is 37.2 Å². The third-order valence-electron chi connectivity index (χ3n) is 2.72. The molecule has 0 saturated carbocycles. The molecule has 1 aromatic rings. The monoisotopic (exact) mass is 289 g/mol. The minimum atomic E-state index is -0.179. The zero-order chi connectivity index (χ0) is 15.3. The fraction of sp³-hybridized carbons (Fsp3) is 0.500. The number of carbonyl (C=O) groups is 1. The van der Waals surface area contributed by atoms with E-state index in [2.05, 4.69) is 29.1 Å². The molecule has 0 atom stereocenters. The molecular weight excluding hydrogens is 266 g/mol. The normalized spacial score (nSPS) is 9.81. The fourth-order valence-corrected chi connectivity index (χ4v) is 1.57. The third-order valence-corrected chi connectivity index (χ3v) is 2.72. The molecule has 21 heavy (non-hydrogen) atoms. The smallest absolute Gasteiger partial charge is 0.269 e. The number of nitrogens with one attached hydrogen (secondary N) is 1. The highest BCUT2D eigenvalue weighted by atomic mass is 16.5. The van der Waals surface area contributed by atoms with Gasteiger partial charge < -0.3 is 15.8 Å². The van der Waals surface area contributed by atoms with Crippen molar-refractivity contribution in [3.05, 3.63) is 29.6 Å². The summed E-state index contributed by atoms with van der Waals surface area (Å²) in [5.41, 5.74) is 6.43. The predicted octanol–water partition coefficient (Wildman–Crippen LogP) is 1.33. The summed E-state index contributed by atoms with van der Waals surface area (Å²) in [7, 11) is 0. The zero-order valence-electron chi connectivity index (χ0n) is 12.5. The molecule has 1 aromatic heterocycles. The number of aromatic nitrogens is 1. The van der Waals surface area contributed by atoms with E-state index in [0.717, 1.165) is 31.4 Å². The lowest BCUT2D eigenvalue weighted by Gasteiger charge is -2.05. The number of hydrogen-bond acceptors (Lipinski definition) is 4. The van der Waals surface area contributed by atoms with Crippen LogP contribution in [0.4, 0.5) is 0 Å². The summed E-state index contributed by atoms with van der Waals surface area (Å²) in [5, 5.41) is 2.82. The number of nitrogens with zero attached hydrogens (tertiary/aromatic N) is 1. The molecule has 5 nitrogen and oxygen atoms in total. The van der Waals surface area contributed by atoms with Crippen molar-refractivity contribution in [2.45, 2.75) is 26.2 Å². The molecule has 1 rings (SSSR count). The van der Waals surface area contributed by atoms with Crippen LogP contribution in [0.1, 0.15) is 42.2 Å². The molecule has 0 aliphatic rings. The average molecular weight is 289 g/mol. The summed E-state index contributed by atoms with van der Waals surface area (Å²) in [6.45, 7) is 4.48. The van der Waals surface area contributed by atoms with Gasteiger partial charge in [-0.05, 0) is 25.0 Å². The molecule has 0 saturated heterocycles. The summed E-state index contributed by atoms with van der Waals surface area (Å²) >= 11 is 0. The molecule has 0 aromatic carbocycles. The molecule has 0 radical (unpaired) electrons. The number of amides is 1. The largest absolute Gasteiger partial charge is 0.381 e. The molecular formula is C16H23N3O2. The van der Waals surface area contributed by atoms with Gasteiger partial charge in [0.05, 0.1) is 6.54 Å². The van der Waals surface area contributed by atoms with Crippen LogP contribution in [0.2, 0.25) is 0 Å². The minimum absolute atomic E-state index is 0.179. The highest BCUT2D eigenvalue weighted by molar-refractivity contribution is 5.92. The number of hydrogen-bond donors (Lipinski definition) is 2. The molecule has 3 N–H and O–H groups in total. The summed E-state index contributed by atoms with van der Waals surface area (Å²) in [6.07, 6.45) is 4.59. The van der Waals surface area contributed by atoms with Gasteiger partial charge in [0.25, 0.3) is 5.91 Å². The Morgan fingerprint density at radius 3 is 2.86 bits per heavy atom. The van der Waals surface area contributed by atoms with Gasteiger partial charge in [0.1, 0.15) is 5.69 Å². The average Bonchev–Trinajstić information content (AvgIpc) is 2.52. The maximum atomic E-state index is 11.8. The van der Waals surface area contributed by atoms with E-state index in [1.165, 1.54) is 0 Å². The highest BCUT2D eigenvalue weighted by Crippen LogP contribution is 1.99. The molecule has 0 spiro atoms. The standard InChI is InChI=1S/C16H23N3O2/c1-2-3-11-21-12-5-10-18-16(20)15-8-7-14(13-19-15)6-4-9-17/h7-8,13H,2-3,5,9-12,17H2,1H3,(H,18,20). The van der Waals surface area contributed by atoms with Gasteiger partial charge in [-0.2, -0.15) is 0 Å². The molecule has 114 valence electrons. The lowest BCUT2D eigenvalue weighted by Crippen LogP contribution is -2.26. The second-order valence-corrected chi connectivity index (χ2v) is 4.51. The van der Waals surface area contributed by atoms with Crippen molar-refractivity contribution in [2.75, 3.05) is 26.3 Å². The van der Waals surface area contributed by atoms with Crippen LogP contribution in [0, 0.1) is 11.8 Å². The molecule has 0 bridgehead atoms. The number of carbonyl (C=O) groups excluding carboxylic acids is 1. The molecule has 0 aliphatic carbocycles. The van der Waals surface area contributed by atoms with Crippen molar-refractivity contribution in [1.29, 1.82) is 0 Å². The second kappa shape index (κ2) is 10.8. The van der Waals surface area contributed by atoms with E-state index in [-0.39, 0.29) is 5.91 Å². The molecule has 0 aliphatic heterocycles. The van der Waals surface area contributed by atoms with Gasteiger partial charge in [-0.25, -0.2) is 4.98 Å². The lowest BCUT2D eigenvalue weighted by atomic mass is 10.2. The van der Waals surface area contributed by atoms with Gasteiger partial charge in [-0.3, -0.25) is 4.79 Å². The van der Waals surface area contributed by atoms with Gasteiger partial charge in [-0.15, -0.1) is 0 Å². The van der Waals surface area contributed by atoms with Crippen LogP contribution in [-0.2, 0) is 4.74 Å². The first kappa shape index (κ1) is 17.2. The van der Waals surface area contributed by atoms with E-state index >= 15 is 0 Å². The van der Waals surface area contributed by atoms with Gasteiger partial charge in [0.2, 0.25) is 0 Å². The van der Waals surface area contributed by atoms with Crippen LogP contribution in [0.5, 0.6) is 0 Å². The Morgan fingerprint density at radius 1 is 1.38 bits per heavy atom. The van der Waals surface area contributed by atoms with Crippen molar-refractivity contribution >= 4 is 5.91 Å². The Morgan fingerprint density at radius 2 is 2.19 bits per heavy atom. The Balaban J connectivity index is 2.26. The summed E-state index contributed by atoms with van der Waals surface area (Å²) in [6, 6.07) is 3.42. The topological polar surface area (TPSA) is 77.2 Å². The van der Waals surface area contributed by atoms with E-state index in [4.69, 9.17) is 10.5 Å². The number of ether oxygens (including phenoxy) is 1. The van der Waals surface area contributed by atoms with E-state index < -0.39 is 0 Å². The Bertz CT molecular complexity index is 475. The van der Waals surface area contributed by atoms with Gasteiger partial charge in [0.15, 0.2) is 0 Å². The number of nitrogens with two attached hydrogens (primary N) is 1. The van der Waals surface area contributed by atoms with Crippen LogP contribution < -0.4 is 11.1 Å². The maximum Gasteiger partial charge on any atom is 0.269 e. The molecule has 1 heterocycles. The Hall–Kier alpha value is -1.90. The number of unbranched alkanes of at least 4 members (excludes halogenated alkanes) is 1. The molecule has 0 unspecified atom stereocenters. The van der Waals surface area contributed by atoms with Crippen molar-refractivity contribution in [3.63, 3.8) is 0 Å². The third kappa shape index (κ3) is 7.45. The minimum Gasteiger partial charge on any atom is -0.381 e. The van der Waals surface area contributed by atoms with Crippen LogP contribution in [0.15, 0.2) is 18.3 Å². The summed E-state index contributed by atoms with van der Waals surface area (Å²) in [5.74, 6) is 5.42. The highest BCUT2D eigenvalue weighted by Gasteiger charge is 2.05. The zero-order valence-corrected chi connectivity index (χ0v) is 12.5. The molecule has 0 fully saturated rings. The second-order valence-electron chi connectivity index (χ2n) is 4.51. The number of rotatable bonds is 8. The van der Waals surface area contributed by atoms with E-state index in [1.54, 1.807) is 18.3 Å². The van der Waals surface area contributed by atoms with Crippen molar-refractivity contribution in [3.8, 4) is 11.8 Å². The van der Waals surface area contributed by atoms with Gasteiger partial charge in [0, 0.05) is 31.5 Å². The predicted molar refractivity (Wildman–Crippen MR) is 82.8 cm³/mol. The SMILES string of the molecule is CCCCOCCCNC(=O)c1ccc(C#CCN)cn1. The maximum absolute atomic E-state index is 11.8. The Kier molecular flexibility index (Phi) is 8.85. The van der Waals surface area contributed by atoms with Gasteiger partial charge >= 0.3 is 0 Å². The summed E-state index contributed by atoms with van der Waals surface area (Å²) in [4.78, 5) is 15.9. The van der Waals surface area contributed by atoms with E-state index in [0.29, 0.717) is 25.4 Å². The Labute approximate surface area is 126 Å². The van der Waals surface area contributed by atoms with Gasteiger partial charge in [-0.1, -0.05) is 25.2 Å². The van der Waals surface area contributed by atoms with Crippen molar-refractivity contribution < 1.29 is 9.53 Å². The van der Waals surface area contributed by atoms with E-state index in [1.807, 2.05) is 0 Å². The fourth-order valence-electron chi connectivity index (χ4n) is 1.57. The van der Waals surface area contributed by atoms with Crippen molar-refractivity contribution in [2.24, 2.45) is 5.73 Å². The van der Waals surface area contributed by atoms with Crippen molar-refractivity contribution in [1.82, 2.24) is 10.3 Å². The first-order chi connectivity index (χ1) is 10.3. The van der Waals surface area contributed by atoms with Crippen LogP contribution in [0.3, 0.4) is 0 Å². The van der Waals surface area contributed by atoms with Crippen LogP contribution in [0.25, 0.3) is 0 Å². The first-order valence-corrected chi connectivity index (χ1v) is 7.29. The molecule has 5 heteroatoms. The first-order valence-electron chi connectivity index (χ1n) is 7.29. The lowest BCUT2D eigenvalue weighted by molar-refractivity contribution is 0.0935. The van der Waals surface area contributed by atoms with E-state index in [9.17, 15) is 4.79 Å². The number of pyridine rings is 1. The summed E-state index contributed by atoms with van der Waals surface area (Å²) < 4.78 is 5.42. The van der Waals surface area contributed by atoms with Crippen LogP contribution >= 0.6 is 0 Å². The molecule has 1 amide bonds. The quantitative estimate of drug-likeness (QED) is 0.559.